The predicted molar refractivity (Wildman–Crippen MR) is 42.1 cm³/mol. The predicted octanol–water partition coefficient (Wildman–Crippen LogP) is 2.56. The molecule has 5 heteroatoms. The molecule has 0 aliphatic heterocycles. The molecule has 0 bridgehead atoms. The Bertz CT molecular complexity index is 275. The summed E-state index contributed by atoms with van der Waals surface area (Å²) in [5.74, 6) is 0.339. The normalized spacial score (nSPS) is 12.5. The zero-order chi connectivity index (χ0) is 10.1. The molecular weight excluding hydrogens is 181 g/mol. The van der Waals surface area contributed by atoms with Gasteiger partial charge >= 0.3 is 6.30 Å². The summed E-state index contributed by atoms with van der Waals surface area (Å²) in [7, 11) is 0. The highest BCUT2D eigenvalue weighted by atomic mass is 19.4. The minimum absolute atomic E-state index is 0.0325. The van der Waals surface area contributed by atoms with Crippen molar-refractivity contribution in [3.05, 3.63) is 18.0 Å². The van der Waals surface area contributed by atoms with E-state index < -0.39 is 6.30 Å². The van der Waals surface area contributed by atoms with Crippen LogP contribution in [0.25, 0.3) is 0 Å². The Morgan fingerprint density at radius 2 is 2.08 bits per heavy atom. The molecule has 0 N–H and O–H groups in total. The molecule has 13 heavy (non-hydrogen) atoms. The molecule has 1 aromatic rings. The lowest BCUT2D eigenvalue weighted by molar-refractivity contribution is -0.212. The van der Waals surface area contributed by atoms with E-state index >= 15 is 0 Å². The van der Waals surface area contributed by atoms with E-state index in [1.54, 1.807) is 0 Å². The second kappa shape index (κ2) is 3.40. The molecule has 0 saturated carbocycles. The van der Waals surface area contributed by atoms with Crippen LogP contribution < -0.4 is 0 Å². The average Bonchev–Trinajstić information content (AvgIpc) is 2.32. The van der Waals surface area contributed by atoms with Crippen LogP contribution in [-0.4, -0.2) is 9.78 Å². The standard InChI is InChI=1S/C8H11F3N2/c1-6(2)3-7-4-12-13(5-7)8(9,10)11/h4-6H,3H2,1-2H3. The van der Waals surface area contributed by atoms with Crippen molar-refractivity contribution in [2.75, 3.05) is 0 Å². The van der Waals surface area contributed by atoms with Crippen LogP contribution in [0, 0.1) is 5.92 Å². The highest BCUT2D eigenvalue weighted by Gasteiger charge is 2.31. The van der Waals surface area contributed by atoms with Gasteiger partial charge in [0.15, 0.2) is 0 Å². The maximum absolute atomic E-state index is 12.0. The van der Waals surface area contributed by atoms with Crippen molar-refractivity contribution < 1.29 is 13.2 Å². The summed E-state index contributed by atoms with van der Waals surface area (Å²) in [4.78, 5) is 0. The van der Waals surface area contributed by atoms with Crippen molar-refractivity contribution in [3.63, 3.8) is 0 Å². The molecule has 0 aliphatic rings. The Hall–Kier alpha value is -1.00. The fraction of sp³-hybridized carbons (Fsp3) is 0.625. The third-order valence-corrected chi connectivity index (χ3v) is 1.54. The largest absolute Gasteiger partial charge is 0.504 e. The van der Waals surface area contributed by atoms with E-state index in [0.717, 1.165) is 6.20 Å². The SMILES string of the molecule is CC(C)Cc1cnn(C(F)(F)F)c1. The van der Waals surface area contributed by atoms with E-state index in [-0.39, 0.29) is 4.68 Å². The summed E-state index contributed by atoms with van der Waals surface area (Å²) >= 11 is 0. The molecule has 0 atom stereocenters. The first-order chi connectivity index (χ1) is 5.89. The Morgan fingerprint density at radius 3 is 2.46 bits per heavy atom. The molecule has 0 unspecified atom stereocenters. The molecule has 1 heterocycles. The third-order valence-electron chi connectivity index (χ3n) is 1.54. The number of hydrogen-bond acceptors (Lipinski definition) is 1. The summed E-state index contributed by atoms with van der Waals surface area (Å²) in [5, 5.41) is 3.23. The van der Waals surface area contributed by atoms with Gasteiger partial charge in [0.2, 0.25) is 0 Å². The average molecular weight is 192 g/mol. The minimum atomic E-state index is -4.39. The van der Waals surface area contributed by atoms with Gasteiger partial charge in [-0.15, -0.1) is 13.2 Å². The fourth-order valence-electron chi connectivity index (χ4n) is 1.08. The monoisotopic (exact) mass is 192 g/mol. The lowest BCUT2D eigenvalue weighted by Gasteiger charge is -2.04. The van der Waals surface area contributed by atoms with E-state index in [2.05, 4.69) is 5.10 Å². The maximum atomic E-state index is 12.0. The van der Waals surface area contributed by atoms with Crippen molar-refractivity contribution in [2.24, 2.45) is 5.92 Å². The summed E-state index contributed by atoms with van der Waals surface area (Å²) in [6, 6.07) is 0. The van der Waals surface area contributed by atoms with Crippen LogP contribution in [-0.2, 0) is 12.7 Å². The molecule has 0 aromatic carbocycles. The zero-order valence-corrected chi connectivity index (χ0v) is 7.47. The number of rotatable bonds is 2. The maximum Gasteiger partial charge on any atom is 0.504 e. The number of halogens is 3. The summed E-state index contributed by atoms with van der Waals surface area (Å²) in [6.07, 6.45) is -1.49. The van der Waals surface area contributed by atoms with E-state index in [4.69, 9.17) is 0 Å². The van der Waals surface area contributed by atoms with Crippen LogP contribution in [0.4, 0.5) is 13.2 Å². The zero-order valence-electron chi connectivity index (χ0n) is 7.47. The molecule has 0 fully saturated rings. The lowest BCUT2D eigenvalue weighted by Crippen LogP contribution is -2.16. The van der Waals surface area contributed by atoms with Crippen molar-refractivity contribution in [3.8, 4) is 0 Å². The quantitative estimate of drug-likeness (QED) is 0.704. The van der Waals surface area contributed by atoms with Gasteiger partial charge in [-0.3, -0.25) is 0 Å². The summed E-state index contributed by atoms with van der Waals surface area (Å²) in [5.41, 5.74) is 0.618. The van der Waals surface area contributed by atoms with E-state index in [9.17, 15) is 13.2 Å². The number of alkyl halides is 3. The van der Waals surface area contributed by atoms with E-state index in [1.165, 1.54) is 6.20 Å². The van der Waals surface area contributed by atoms with E-state index in [1.807, 2.05) is 13.8 Å². The van der Waals surface area contributed by atoms with Crippen LogP contribution in [0.1, 0.15) is 19.4 Å². The minimum Gasteiger partial charge on any atom is -0.179 e. The van der Waals surface area contributed by atoms with Crippen LogP contribution in [0.5, 0.6) is 0 Å². The van der Waals surface area contributed by atoms with Crippen LogP contribution in [0.15, 0.2) is 12.4 Å². The molecule has 0 spiro atoms. The second-order valence-electron chi connectivity index (χ2n) is 3.36. The van der Waals surface area contributed by atoms with Gasteiger partial charge in [0.25, 0.3) is 0 Å². The highest BCUT2D eigenvalue weighted by Crippen LogP contribution is 2.21. The Balaban J connectivity index is 2.75. The van der Waals surface area contributed by atoms with Gasteiger partial charge in [-0.05, 0) is 17.9 Å². The molecule has 2 nitrogen and oxygen atoms in total. The molecule has 0 amide bonds. The highest BCUT2D eigenvalue weighted by molar-refractivity contribution is 5.04. The molecule has 74 valence electrons. The van der Waals surface area contributed by atoms with Gasteiger partial charge in [-0.25, -0.2) is 0 Å². The molecule has 1 rings (SSSR count). The molecule has 0 aliphatic carbocycles. The van der Waals surface area contributed by atoms with Gasteiger partial charge < -0.3 is 0 Å². The smallest absolute Gasteiger partial charge is 0.179 e. The fourth-order valence-corrected chi connectivity index (χ4v) is 1.08. The molecule has 0 radical (unpaired) electrons. The van der Waals surface area contributed by atoms with Crippen molar-refractivity contribution in [1.29, 1.82) is 0 Å². The topological polar surface area (TPSA) is 17.8 Å². The Labute approximate surface area is 74.4 Å². The summed E-state index contributed by atoms with van der Waals surface area (Å²) in [6.45, 7) is 3.90. The van der Waals surface area contributed by atoms with Crippen LogP contribution >= 0.6 is 0 Å². The third kappa shape index (κ3) is 2.75. The lowest BCUT2D eigenvalue weighted by atomic mass is 10.1. The summed E-state index contributed by atoms with van der Waals surface area (Å²) < 4.78 is 36.1. The number of aromatic nitrogens is 2. The van der Waals surface area contributed by atoms with Gasteiger partial charge in [-0.1, -0.05) is 13.8 Å². The Morgan fingerprint density at radius 1 is 1.46 bits per heavy atom. The number of nitrogens with zero attached hydrogens (tertiary/aromatic N) is 2. The first kappa shape index (κ1) is 10.1. The van der Waals surface area contributed by atoms with Gasteiger partial charge in [0.05, 0.1) is 6.20 Å². The van der Waals surface area contributed by atoms with E-state index in [0.29, 0.717) is 17.9 Å². The second-order valence-corrected chi connectivity index (χ2v) is 3.36. The first-order valence-corrected chi connectivity index (χ1v) is 4.00. The Kier molecular flexibility index (Phi) is 2.63. The van der Waals surface area contributed by atoms with Gasteiger partial charge in [0.1, 0.15) is 0 Å². The van der Waals surface area contributed by atoms with Gasteiger partial charge in [0, 0.05) is 6.20 Å². The van der Waals surface area contributed by atoms with Gasteiger partial charge in [-0.2, -0.15) is 9.78 Å². The molecule has 1 aromatic heterocycles. The molecular formula is C8H11F3N2. The first-order valence-electron chi connectivity index (χ1n) is 4.00. The van der Waals surface area contributed by atoms with Crippen LogP contribution in [0.3, 0.4) is 0 Å². The van der Waals surface area contributed by atoms with Crippen molar-refractivity contribution >= 4 is 0 Å². The van der Waals surface area contributed by atoms with Crippen LogP contribution in [0.2, 0.25) is 0 Å². The van der Waals surface area contributed by atoms with Crippen molar-refractivity contribution in [1.82, 2.24) is 9.78 Å². The number of hydrogen-bond donors (Lipinski definition) is 0. The molecule has 0 saturated heterocycles. The van der Waals surface area contributed by atoms with Crippen molar-refractivity contribution in [2.45, 2.75) is 26.6 Å².